The molecular formula is C8H18O5Si. The highest BCUT2D eigenvalue weighted by Crippen LogP contribution is 2.15. The van der Waals surface area contributed by atoms with Gasteiger partial charge in [-0.1, -0.05) is 0 Å². The summed E-state index contributed by atoms with van der Waals surface area (Å²) < 4.78 is 16.0. The lowest BCUT2D eigenvalue weighted by Gasteiger charge is -2.26. The van der Waals surface area contributed by atoms with E-state index in [1.807, 2.05) is 0 Å². The number of carbonyl (C=O) groups is 1. The van der Waals surface area contributed by atoms with Gasteiger partial charge in [-0.05, 0) is 20.8 Å². The van der Waals surface area contributed by atoms with Crippen molar-refractivity contribution in [2.45, 2.75) is 26.8 Å². The lowest BCUT2D eigenvalue weighted by atomic mass is 10.8. The van der Waals surface area contributed by atoms with Crippen molar-refractivity contribution in [1.29, 1.82) is 0 Å². The number of hydrogen-bond donors (Lipinski definition) is 1. The minimum atomic E-state index is -2.96. The molecule has 0 spiro atoms. The Kier molecular flexibility index (Phi) is 6.72. The van der Waals surface area contributed by atoms with Crippen LogP contribution in [0.3, 0.4) is 0 Å². The summed E-state index contributed by atoms with van der Waals surface area (Å²) in [5.74, 6) is -0.952. The van der Waals surface area contributed by atoms with Crippen molar-refractivity contribution in [3.8, 4) is 0 Å². The van der Waals surface area contributed by atoms with Gasteiger partial charge in [-0.3, -0.25) is 4.79 Å². The zero-order valence-electron chi connectivity index (χ0n) is 8.91. The highest BCUT2D eigenvalue weighted by molar-refractivity contribution is 6.64. The van der Waals surface area contributed by atoms with Gasteiger partial charge in [0, 0.05) is 19.8 Å². The SMILES string of the molecule is CCO[Si](CC(=O)O)(OCC)OCC. The first-order chi connectivity index (χ1) is 6.60. The molecule has 6 heteroatoms. The van der Waals surface area contributed by atoms with Gasteiger partial charge in [-0.15, -0.1) is 0 Å². The monoisotopic (exact) mass is 222 g/mol. The van der Waals surface area contributed by atoms with E-state index in [0.29, 0.717) is 19.8 Å². The number of carboxylic acid groups (broad SMARTS) is 1. The maximum absolute atomic E-state index is 10.6. The van der Waals surface area contributed by atoms with Crippen molar-refractivity contribution in [3.05, 3.63) is 0 Å². The quantitative estimate of drug-likeness (QED) is 0.623. The zero-order valence-corrected chi connectivity index (χ0v) is 9.91. The molecule has 0 bridgehead atoms. The van der Waals surface area contributed by atoms with E-state index in [1.54, 1.807) is 20.8 Å². The Bertz CT molecular complexity index is 156. The standard InChI is InChI=1S/C8H18O5Si/c1-4-11-14(12-5-2,13-6-3)7-8(9)10/h4-7H2,1-3H3,(H,9,10). The summed E-state index contributed by atoms with van der Waals surface area (Å²) in [4.78, 5) is 10.6. The molecule has 0 amide bonds. The van der Waals surface area contributed by atoms with Crippen molar-refractivity contribution in [2.75, 3.05) is 19.8 Å². The molecule has 0 aromatic carbocycles. The molecule has 0 rings (SSSR count). The molecule has 0 heterocycles. The van der Waals surface area contributed by atoms with E-state index >= 15 is 0 Å². The highest BCUT2D eigenvalue weighted by atomic mass is 28.4. The van der Waals surface area contributed by atoms with E-state index in [0.717, 1.165) is 0 Å². The third-order valence-corrected chi connectivity index (χ3v) is 4.38. The molecule has 0 aliphatic rings. The van der Waals surface area contributed by atoms with Crippen LogP contribution in [0.4, 0.5) is 0 Å². The van der Waals surface area contributed by atoms with Gasteiger partial charge in [0.15, 0.2) is 0 Å². The van der Waals surface area contributed by atoms with Crippen molar-refractivity contribution in [3.63, 3.8) is 0 Å². The third kappa shape index (κ3) is 4.71. The molecular weight excluding hydrogens is 204 g/mol. The van der Waals surface area contributed by atoms with Gasteiger partial charge < -0.3 is 18.4 Å². The fraction of sp³-hybridized carbons (Fsp3) is 0.875. The number of rotatable bonds is 8. The second kappa shape index (κ2) is 6.94. The molecule has 0 aromatic heterocycles. The molecule has 0 aliphatic heterocycles. The minimum absolute atomic E-state index is 0.178. The van der Waals surface area contributed by atoms with Crippen LogP contribution >= 0.6 is 0 Å². The molecule has 0 fully saturated rings. The molecule has 0 atom stereocenters. The van der Waals surface area contributed by atoms with Crippen LogP contribution in [0.25, 0.3) is 0 Å². The number of carboxylic acids is 1. The van der Waals surface area contributed by atoms with Crippen LogP contribution < -0.4 is 0 Å². The normalized spacial score (nSPS) is 11.6. The van der Waals surface area contributed by atoms with Crippen molar-refractivity contribution in [1.82, 2.24) is 0 Å². The van der Waals surface area contributed by atoms with E-state index in [1.165, 1.54) is 0 Å². The molecule has 14 heavy (non-hydrogen) atoms. The van der Waals surface area contributed by atoms with Crippen LogP contribution in [0.2, 0.25) is 6.04 Å². The average molecular weight is 222 g/mol. The Balaban J connectivity index is 4.45. The van der Waals surface area contributed by atoms with Crippen molar-refractivity contribution < 1.29 is 23.2 Å². The Labute approximate surface area is 85.3 Å². The summed E-state index contributed by atoms with van der Waals surface area (Å²) >= 11 is 0. The highest BCUT2D eigenvalue weighted by Gasteiger charge is 2.43. The fourth-order valence-corrected chi connectivity index (χ4v) is 3.37. The summed E-state index contributed by atoms with van der Waals surface area (Å²) in [5, 5.41) is 8.72. The molecule has 1 N–H and O–H groups in total. The molecule has 0 saturated heterocycles. The van der Waals surface area contributed by atoms with E-state index < -0.39 is 14.8 Å². The van der Waals surface area contributed by atoms with Crippen molar-refractivity contribution in [2.24, 2.45) is 0 Å². The van der Waals surface area contributed by atoms with Crippen molar-refractivity contribution >= 4 is 14.8 Å². The summed E-state index contributed by atoms with van der Waals surface area (Å²) in [6.07, 6.45) is 0. The van der Waals surface area contributed by atoms with Gasteiger partial charge in [0.2, 0.25) is 0 Å². The first-order valence-corrected chi connectivity index (χ1v) is 6.67. The van der Waals surface area contributed by atoms with Gasteiger partial charge in [0.25, 0.3) is 0 Å². The number of aliphatic carboxylic acids is 1. The topological polar surface area (TPSA) is 65.0 Å². The lowest BCUT2D eigenvalue weighted by Crippen LogP contribution is -2.47. The van der Waals surface area contributed by atoms with E-state index in [9.17, 15) is 4.79 Å². The first kappa shape index (κ1) is 13.6. The van der Waals surface area contributed by atoms with Gasteiger partial charge >= 0.3 is 14.8 Å². The molecule has 5 nitrogen and oxygen atoms in total. The van der Waals surface area contributed by atoms with Crippen LogP contribution in [0.15, 0.2) is 0 Å². The Morgan fingerprint density at radius 3 is 1.64 bits per heavy atom. The Morgan fingerprint density at radius 1 is 1.07 bits per heavy atom. The van der Waals surface area contributed by atoms with E-state index in [-0.39, 0.29) is 6.04 Å². The summed E-state index contributed by atoms with van der Waals surface area (Å²) in [7, 11) is -2.96. The summed E-state index contributed by atoms with van der Waals surface area (Å²) in [5.41, 5.74) is 0. The third-order valence-electron chi connectivity index (χ3n) is 1.46. The maximum Gasteiger partial charge on any atom is 0.512 e. The smallest absolute Gasteiger partial charge is 0.481 e. The van der Waals surface area contributed by atoms with E-state index in [2.05, 4.69) is 0 Å². The van der Waals surface area contributed by atoms with E-state index in [4.69, 9.17) is 18.4 Å². The largest absolute Gasteiger partial charge is 0.512 e. The first-order valence-electron chi connectivity index (χ1n) is 4.73. The minimum Gasteiger partial charge on any atom is -0.481 e. The van der Waals surface area contributed by atoms with Gasteiger partial charge in [-0.25, -0.2) is 0 Å². The average Bonchev–Trinajstić information content (AvgIpc) is 2.03. The summed E-state index contributed by atoms with van der Waals surface area (Å²) in [6, 6.07) is -0.178. The second-order valence-electron chi connectivity index (χ2n) is 2.55. The zero-order chi connectivity index (χ0) is 11.0. The molecule has 84 valence electrons. The predicted octanol–water partition coefficient (Wildman–Crippen LogP) is 1.12. The molecule has 0 aliphatic carbocycles. The predicted molar refractivity (Wildman–Crippen MR) is 53.1 cm³/mol. The van der Waals surface area contributed by atoms with Crippen LogP contribution in [-0.2, 0) is 18.1 Å². The maximum atomic E-state index is 10.6. The molecule has 0 saturated carbocycles. The van der Waals surface area contributed by atoms with Gasteiger partial charge in [0.05, 0.1) is 0 Å². The Morgan fingerprint density at radius 2 is 1.43 bits per heavy atom. The van der Waals surface area contributed by atoms with Crippen LogP contribution in [0.1, 0.15) is 20.8 Å². The molecule has 0 unspecified atom stereocenters. The fourth-order valence-electron chi connectivity index (χ4n) is 1.12. The van der Waals surface area contributed by atoms with Crippen LogP contribution in [0, 0.1) is 0 Å². The van der Waals surface area contributed by atoms with Crippen LogP contribution in [0.5, 0.6) is 0 Å². The molecule has 0 aromatic rings. The summed E-state index contributed by atoms with van der Waals surface area (Å²) in [6.45, 7) is 6.59. The number of hydrogen-bond acceptors (Lipinski definition) is 4. The lowest BCUT2D eigenvalue weighted by molar-refractivity contribution is -0.135. The second-order valence-corrected chi connectivity index (χ2v) is 5.14. The van der Waals surface area contributed by atoms with Gasteiger partial charge in [0.1, 0.15) is 6.04 Å². The van der Waals surface area contributed by atoms with Crippen LogP contribution in [-0.4, -0.2) is 39.7 Å². The molecule has 0 radical (unpaired) electrons. The van der Waals surface area contributed by atoms with Gasteiger partial charge in [-0.2, -0.15) is 0 Å². The Hall–Kier alpha value is -0.433.